The molecule has 0 amide bonds. The Bertz CT molecular complexity index is 715. The highest BCUT2D eigenvalue weighted by atomic mass is 79.9. The maximum atomic E-state index is 9.57. The third-order valence-electron chi connectivity index (χ3n) is 3.11. The van der Waals surface area contributed by atoms with Gasteiger partial charge in [-0.25, -0.2) is 0 Å². The molecular formula is C16H10Br2O. The molecule has 1 nitrogen and oxygen atoms in total. The van der Waals surface area contributed by atoms with Crippen molar-refractivity contribution in [2.24, 2.45) is 0 Å². The van der Waals surface area contributed by atoms with Crippen LogP contribution in [0.1, 0.15) is 22.3 Å². The molecule has 3 heteroatoms. The molecule has 1 aliphatic rings. The molecule has 0 unspecified atom stereocenters. The molecule has 1 aliphatic carbocycles. The highest BCUT2D eigenvalue weighted by molar-refractivity contribution is 9.13. The van der Waals surface area contributed by atoms with Crippen LogP contribution in [0.2, 0.25) is 0 Å². The Balaban J connectivity index is 2.20. The number of hydrogen-bond donors (Lipinski definition) is 1. The van der Waals surface area contributed by atoms with Gasteiger partial charge in [0, 0.05) is 8.95 Å². The lowest BCUT2D eigenvalue weighted by molar-refractivity contribution is 0.475. The lowest BCUT2D eigenvalue weighted by Crippen LogP contribution is -1.88. The van der Waals surface area contributed by atoms with E-state index in [9.17, 15) is 5.11 Å². The lowest BCUT2D eigenvalue weighted by Gasteiger charge is -2.10. The van der Waals surface area contributed by atoms with Gasteiger partial charge in [-0.1, -0.05) is 36.4 Å². The maximum absolute atomic E-state index is 9.57. The minimum Gasteiger partial charge on any atom is -0.508 e. The third kappa shape index (κ3) is 2.40. The average molecular weight is 378 g/mol. The molecule has 0 fully saturated rings. The van der Waals surface area contributed by atoms with Crippen molar-refractivity contribution in [3.05, 3.63) is 61.5 Å². The molecule has 19 heavy (non-hydrogen) atoms. The molecule has 1 N–H and O–H groups in total. The van der Waals surface area contributed by atoms with Crippen LogP contribution < -0.4 is 0 Å². The molecule has 94 valence electrons. The molecule has 0 saturated carbocycles. The normalized spacial score (nSPS) is 14.2. The Hall–Kier alpha value is -1.32. The van der Waals surface area contributed by atoms with Crippen molar-refractivity contribution in [2.45, 2.75) is 0 Å². The number of halogens is 2. The summed E-state index contributed by atoms with van der Waals surface area (Å²) in [7, 11) is 0. The zero-order valence-corrected chi connectivity index (χ0v) is 13.1. The van der Waals surface area contributed by atoms with Gasteiger partial charge in [0.25, 0.3) is 0 Å². The summed E-state index contributed by atoms with van der Waals surface area (Å²) in [6, 6.07) is 9.51. The highest BCUT2D eigenvalue weighted by Crippen LogP contribution is 2.33. The first-order valence-electron chi connectivity index (χ1n) is 5.82. The second kappa shape index (κ2) is 4.99. The van der Waals surface area contributed by atoms with Gasteiger partial charge in [-0.05, 0) is 72.3 Å². The van der Waals surface area contributed by atoms with Gasteiger partial charge in [-0.15, -0.1) is 0 Å². The fraction of sp³-hybridized carbons (Fsp3) is 0. The topological polar surface area (TPSA) is 20.2 Å². The summed E-state index contributed by atoms with van der Waals surface area (Å²) in [5, 5.41) is 9.57. The zero-order valence-electron chi connectivity index (χ0n) is 9.90. The van der Waals surface area contributed by atoms with Crippen molar-refractivity contribution in [3.8, 4) is 5.75 Å². The van der Waals surface area contributed by atoms with Crippen molar-refractivity contribution in [1.29, 1.82) is 0 Å². The van der Waals surface area contributed by atoms with Gasteiger partial charge in [0.05, 0.1) is 0 Å². The van der Waals surface area contributed by atoms with Gasteiger partial charge in [-0.2, -0.15) is 0 Å². The van der Waals surface area contributed by atoms with E-state index in [1.165, 1.54) is 0 Å². The molecule has 0 radical (unpaired) electrons. The second-order valence-electron chi connectivity index (χ2n) is 4.34. The van der Waals surface area contributed by atoms with Crippen LogP contribution in [-0.4, -0.2) is 5.11 Å². The zero-order chi connectivity index (χ0) is 13.4. The van der Waals surface area contributed by atoms with Gasteiger partial charge in [0.15, 0.2) is 0 Å². The maximum Gasteiger partial charge on any atom is 0.116 e. The Kier molecular flexibility index (Phi) is 3.33. The minimum atomic E-state index is 0.283. The quantitative estimate of drug-likeness (QED) is 0.542. The van der Waals surface area contributed by atoms with E-state index in [0.29, 0.717) is 0 Å². The van der Waals surface area contributed by atoms with Crippen LogP contribution in [0.3, 0.4) is 0 Å². The van der Waals surface area contributed by atoms with Gasteiger partial charge < -0.3 is 5.11 Å². The smallest absolute Gasteiger partial charge is 0.116 e. The number of rotatable bonds is 0. The van der Waals surface area contributed by atoms with Crippen LogP contribution >= 0.6 is 31.9 Å². The van der Waals surface area contributed by atoms with Gasteiger partial charge >= 0.3 is 0 Å². The van der Waals surface area contributed by atoms with Crippen LogP contribution in [0.25, 0.3) is 24.3 Å². The number of hydrogen-bond acceptors (Lipinski definition) is 1. The fourth-order valence-corrected chi connectivity index (χ4v) is 2.95. The molecule has 0 atom stereocenters. The van der Waals surface area contributed by atoms with Crippen molar-refractivity contribution in [3.63, 3.8) is 0 Å². The Labute approximate surface area is 128 Å². The summed E-state index contributed by atoms with van der Waals surface area (Å²) in [6.07, 6.45) is 8.24. The van der Waals surface area contributed by atoms with Crippen LogP contribution in [0.4, 0.5) is 0 Å². The summed E-state index contributed by atoms with van der Waals surface area (Å²) >= 11 is 7.12. The molecule has 0 saturated heterocycles. The molecule has 0 bridgehead atoms. The molecule has 0 heterocycles. The number of aromatic hydroxyl groups is 1. The number of phenolic OH excluding ortho intramolecular Hbond substituents is 1. The van der Waals surface area contributed by atoms with Gasteiger partial charge in [0.2, 0.25) is 0 Å². The van der Waals surface area contributed by atoms with E-state index >= 15 is 0 Å². The van der Waals surface area contributed by atoms with E-state index in [1.807, 2.05) is 18.2 Å². The average Bonchev–Trinajstić information content (AvgIpc) is 2.38. The third-order valence-corrected chi connectivity index (χ3v) is 5.16. The largest absolute Gasteiger partial charge is 0.508 e. The van der Waals surface area contributed by atoms with E-state index in [4.69, 9.17) is 0 Å². The van der Waals surface area contributed by atoms with Crippen molar-refractivity contribution >= 4 is 56.2 Å². The monoisotopic (exact) mass is 376 g/mol. The van der Waals surface area contributed by atoms with Crippen molar-refractivity contribution in [1.82, 2.24) is 0 Å². The summed E-state index contributed by atoms with van der Waals surface area (Å²) in [5.41, 5.74) is 4.39. The molecule has 2 aromatic carbocycles. The molecule has 2 aromatic rings. The predicted molar refractivity (Wildman–Crippen MR) is 87.8 cm³/mol. The summed E-state index contributed by atoms with van der Waals surface area (Å²) in [5.74, 6) is 0.283. The molecule has 3 rings (SSSR count). The summed E-state index contributed by atoms with van der Waals surface area (Å²) < 4.78 is 2.07. The number of fused-ring (bicyclic) bond motifs is 2. The Morgan fingerprint density at radius 1 is 0.737 bits per heavy atom. The van der Waals surface area contributed by atoms with Crippen LogP contribution in [-0.2, 0) is 0 Å². The van der Waals surface area contributed by atoms with E-state index < -0.39 is 0 Å². The van der Waals surface area contributed by atoms with E-state index in [-0.39, 0.29) is 5.75 Å². The second-order valence-corrected chi connectivity index (χ2v) is 5.99. The summed E-state index contributed by atoms with van der Waals surface area (Å²) in [4.78, 5) is 0. The number of benzene rings is 2. The predicted octanol–water partition coefficient (Wildman–Crippen LogP) is 5.57. The number of phenols is 1. The van der Waals surface area contributed by atoms with Crippen molar-refractivity contribution in [2.75, 3.05) is 0 Å². The first-order chi connectivity index (χ1) is 9.15. The molecule has 0 spiro atoms. The fourth-order valence-electron chi connectivity index (χ4n) is 2.11. The van der Waals surface area contributed by atoms with Gasteiger partial charge in [-0.3, -0.25) is 0 Å². The van der Waals surface area contributed by atoms with Crippen LogP contribution in [0.5, 0.6) is 5.75 Å². The van der Waals surface area contributed by atoms with Crippen molar-refractivity contribution < 1.29 is 5.11 Å². The standard InChI is InChI=1S/C16H10Br2O/c17-15-8-5-11-2-1-10-3-6-13(19)9-12(10)4-7-14(11)16(15)18/h1-9,19H/b2-1?,7-4-,10-1?,11-2?,12-4?,14-7?. The van der Waals surface area contributed by atoms with E-state index in [2.05, 4.69) is 56.2 Å². The Morgan fingerprint density at radius 3 is 2.26 bits per heavy atom. The molecule has 0 aliphatic heterocycles. The highest BCUT2D eigenvalue weighted by Gasteiger charge is 2.08. The van der Waals surface area contributed by atoms with E-state index in [1.54, 1.807) is 12.1 Å². The minimum absolute atomic E-state index is 0.283. The molecule has 0 aromatic heterocycles. The summed E-state index contributed by atoms with van der Waals surface area (Å²) in [6.45, 7) is 0. The van der Waals surface area contributed by atoms with Crippen LogP contribution in [0, 0.1) is 0 Å². The first-order valence-corrected chi connectivity index (χ1v) is 7.41. The van der Waals surface area contributed by atoms with Gasteiger partial charge in [0.1, 0.15) is 5.75 Å². The first kappa shape index (κ1) is 12.7. The Morgan fingerprint density at radius 2 is 1.42 bits per heavy atom. The SMILES string of the molecule is Oc1ccc2c(c1)/C=C\c1c(ccc(Br)c1Br)C=C2. The lowest BCUT2D eigenvalue weighted by atomic mass is 9.98. The van der Waals surface area contributed by atoms with E-state index in [0.717, 1.165) is 31.2 Å². The van der Waals surface area contributed by atoms with Crippen LogP contribution in [0.15, 0.2) is 39.3 Å². The molecular weight excluding hydrogens is 368 g/mol.